The first-order chi connectivity index (χ1) is 9.18. The van der Waals surface area contributed by atoms with E-state index >= 15 is 0 Å². The van der Waals surface area contributed by atoms with E-state index in [0.29, 0.717) is 5.96 Å². The highest BCUT2D eigenvalue weighted by Crippen LogP contribution is 2.14. The Morgan fingerprint density at radius 1 is 1.25 bits per heavy atom. The molecule has 0 radical (unpaired) electrons. The summed E-state index contributed by atoms with van der Waals surface area (Å²) >= 11 is 1.99. The molecule has 20 heavy (non-hydrogen) atoms. The van der Waals surface area contributed by atoms with Crippen LogP contribution in [0.3, 0.4) is 0 Å². The van der Waals surface area contributed by atoms with Gasteiger partial charge in [0.05, 0.1) is 0 Å². The lowest BCUT2D eigenvalue weighted by Gasteiger charge is -2.27. The van der Waals surface area contributed by atoms with Crippen LogP contribution in [-0.2, 0) is 6.42 Å². The number of rotatable bonds is 3. The van der Waals surface area contributed by atoms with Crippen LogP contribution >= 0.6 is 35.7 Å². The van der Waals surface area contributed by atoms with E-state index in [4.69, 9.17) is 5.73 Å². The van der Waals surface area contributed by atoms with Crippen LogP contribution in [0.5, 0.6) is 0 Å². The van der Waals surface area contributed by atoms with Crippen molar-refractivity contribution < 1.29 is 0 Å². The molecule has 1 heterocycles. The zero-order valence-corrected chi connectivity index (χ0v) is 15.4. The molecule has 0 bridgehead atoms. The molecule has 0 aliphatic carbocycles. The van der Waals surface area contributed by atoms with Crippen molar-refractivity contribution >= 4 is 41.7 Å². The second-order valence-electron chi connectivity index (χ2n) is 4.96. The average Bonchev–Trinajstić information content (AvgIpc) is 2.43. The Labute approximate surface area is 143 Å². The zero-order chi connectivity index (χ0) is 13.7. The van der Waals surface area contributed by atoms with E-state index in [1.165, 1.54) is 16.7 Å². The molecule has 0 saturated carbocycles. The number of aliphatic imine (C=N–C) groups is 1. The van der Waals surface area contributed by atoms with Gasteiger partial charge in [-0.25, -0.2) is 0 Å². The minimum absolute atomic E-state index is 0. The number of hydrogen-bond acceptors (Lipinski definition) is 2. The molecule has 2 rings (SSSR count). The Hall–Kier alpha value is -0.430. The van der Waals surface area contributed by atoms with E-state index in [1.54, 1.807) is 0 Å². The number of aryl methyl sites for hydroxylation is 2. The highest BCUT2D eigenvalue weighted by atomic mass is 127. The molecule has 0 atom stereocenters. The van der Waals surface area contributed by atoms with Gasteiger partial charge in [-0.1, -0.05) is 18.2 Å². The summed E-state index contributed by atoms with van der Waals surface area (Å²) in [7, 11) is 0. The highest BCUT2D eigenvalue weighted by molar-refractivity contribution is 14.0. The fourth-order valence-corrected chi connectivity index (χ4v) is 3.32. The van der Waals surface area contributed by atoms with E-state index in [0.717, 1.165) is 37.6 Å². The van der Waals surface area contributed by atoms with Crippen molar-refractivity contribution in [1.29, 1.82) is 0 Å². The lowest BCUT2D eigenvalue weighted by atomic mass is 10.0. The summed E-state index contributed by atoms with van der Waals surface area (Å²) in [5.41, 5.74) is 10.2. The van der Waals surface area contributed by atoms with Gasteiger partial charge in [-0.3, -0.25) is 4.99 Å². The maximum absolute atomic E-state index is 6.06. The molecular formula is C15H24IN3S. The van der Waals surface area contributed by atoms with Crippen LogP contribution in [0.1, 0.15) is 16.7 Å². The lowest BCUT2D eigenvalue weighted by molar-refractivity contribution is 0.456. The van der Waals surface area contributed by atoms with Gasteiger partial charge in [0.15, 0.2) is 5.96 Å². The molecule has 0 spiro atoms. The molecular weight excluding hydrogens is 381 g/mol. The number of hydrogen-bond donors (Lipinski definition) is 1. The number of nitrogens with zero attached hydrogens (tertiary/aromatic N) is 2. The van der Waals surface area contributed by atoms with Crippen LogP contribution in [-0.4, -0.2) is 42.0 Å². The summed E-state index contributed by atoms with van der Waals surface area (Å²) in [5.74, 6) is 3.03. The van der Waals surface area contributed by atoms with Crippen molar-refractivity contribution in [1.82, 2.24) is 4.90 Å². The summed E-state index contributed by atoms with van der Waals surface area (Å²) in [4.78, 5) is 6.73. The second-order valence-corrected chi connectivity index (χ2v) is 6.18. The van der Waals surface area contributed by atoms with Gasteiger partial charge >= 0.3 is 0 Å². The zero-order valence-electron chi connectivity index (χ0n) is 12.3. The largest absolute Gasteiger partial charge is 0.370 e. The second kappa shape index (κ2) is 8.77. The quantitative estimate of drug-likeness (QED) is 0.478. The Bertz CT molecular complexity index is 436. The third-order valence-corrected chi connectivity index (χ3v) is 4.56. The topological polar surface area (TPSA) is 41.6 Å². The molecule has 0 unspecified atom stereocenters. The van der Waals surface area contributed by atoms with Crippen LogP contribution in [0.15, 0.2) is 23.2 Å². The van der Waals surface area contributed by atoms with Gasteiger partial charge in [-0.05, 0) is 37.0 Å². The van der Waals surface area contributed by atoms with Gasteiger partial charge in [0, 0.05) is 31.1 Å². The fourth-order valence-electron chi connectivity index (χ4n) is 2.42. The van der Waals surface area contributed by atoms with E-state index in [2.05, 4.69) is 41.9 Å². The molecule has 5 heteroatoms. The minimum atomic E-state index is 0. The van der Waals surface area contributed by atoms with Gasteiger partial charge < -0.3 is 10.6 Å². The number of benzene rings is 1. The number of thioether (sulfide) groups is 1. The fraction of sp³-hybridized carbons (Fsp3) is 0.533. The normalized spacial score (nSPS) is 15.9. The van der Waals surface area contributed by atoms with Crippen LogP contribution < -0.4 is 5.73 Å². The SMILES string of the molecule is Cc1cccc(C)c1CCN=C(N)N1CCSCC1.I. The maximum atomic E-state index is 6.06. The molecule has 1 saturated heterocycles. The van der Waals surface area contributed by atoms with Crippen LogP contribution in [0.25, 0.3) is 0 Å². The molecule has 1 aliphatic rings. The first kappa shape index (κ1) is 17.6. The van der Waals surface area contributed by atoms with Crippen molar-refractivity contribution in [2.45, 2.75) is 20.3 Å². The molecule has 1 aromatic rings. The summed E-state index contributed by atoms with van der Waals surface area (Å²) < 4.78 is 0. The van der Waals surface area contributed by atoms with Gasteiger partial charge in [-0.2, -0.15) is 11.8 Å². The smallest absolute Gasteiger partial charge is 0.191 e. The van der Waals surface area contributed by atoms with E-state index in [1.807, 2.05) is 11.8 Å². The Morgan fingerprint density at radius 2 is 1.85 bits per heavy atom. The predicted molar refractivity (Wildman–Crippen MR) is 100 cm³/mol. The van der Waals surface area contributed by atoms with Crippen LogP contribution in [0.4, 0.5) is 0 Å². The van der Waals surface area contributed by atoms with Crippen LogP contribution in [0.2, 0.25) is 0 Å². The number of nitrogens with two attached hydrogens (primary N) is 1. The van der Waals surface area contributed by atoms with Crippen molar-refractivity contribution in [3.05, 3.63) is 34.9 Å². The first-order valence-electron chi connectivity index (χ1n) is 6.86. The van der Waals surface area contributed by atoms with Crippen molar-refractivity contribution in [3.8, 4) is 0 Å². The van der Waals surface area contributed by atoms with E-state index in [9.17, 15) is 0 Å². The Balaban J connectivity index is 0.00000200. The summed E-state index contributed by atoms with van der Waals surface area (Å²) in [6.07, 6.45) is 0.974. The molecule has 1 aliphatic heterocycles. The standard InChI is InChI=1S/C15H23N3S.HI/c1-12-4-3-5-13(2)14(12)6-7-17-15(16)18-8-10-19-11-9-18;/h3-5H,6-11H2,1-2H3,(H2,16,17);1H. The summed E-state index contributed by atoms with van der Waals surface area (Å²) in [6, 6.07) is 6.44. The third kappa shape index (κ3) is 4.84. The molecule has 2 N–H and O–H groups in total. The van der Waals surface area contributed by atoms with Crippen LogP contribution in [0, 0.1) is 13.8 Å². The van der Waals surface area contributed by atoms with E-state index < -0.39 is 0 Å². The predicted octanol–water partition coefficient (Wildman–Crippen LogP) is 2.83. The molecule has 0 amide bonds. The molecule has 112 valence electrons. The average molecular weight is 405 g/mol. The third-order valence-electron chi connectivity index (χ3n) is 3.62. The molecule has 1 aromatic carbocycles. The number of guanidine groups is 1. The van der Waals surface area contributed by atoms with Crippen molar-refractivity contribution in [3.63, 3.8) is 0 Å². The highest BCUT2D eigenvalue weighted by Gasteiger charge is 2.11. The van der Waals surface area contributed by atoms with Gasteiger partial charge in [-0.15, -0.1) is 24.0 Å². The molecule has 1 fully saturated rings. The minimum Gasteiger partial charge on any atom is -0.370 e. The number of halogens is 1. The van der Waals surface area contributed by atoms with Crippen molar-refractivity contribution in [2.24, 2.45) is 10.7 Å². The van der Waals surface area contributed by atoms with Gasteiger partial charge in [0.25, 0.3) is 0 Å². The Kier molecular flexibility index (Phi) is 7.72. The molecule has 0 aromatic heterocycles. The van der Waals surface area contributed by atoms with Gasteiger partial charge in [0.1, 0.15) is 0 Å². The monoisotopic (exact) mass is 405 g/mol. The summed E-state index contributed by atoms with van der Waals surface area (Å²) in [5, 5.41) is 0. The first-order valence-corrected chi connectivity index (χ1v) is 8.01. The summed E-state index contributed by atoms with van der Waals surface area (Å²) in [6.45, 7) is 7.17. The lowest BCUT2D eigenvalue weighted by Crippen LogP contribution is -2.42. The Morgan fingerprint density at radius 3 is 2.45 bits per heavy atom. The van der Waals surface area contributed by atoms with Crippen molar-refractivity contribution in [2.75, 3.05) is 31.1 Å². The molecule has 3 nitrogen and oxygen atoms in total. The van der Waals surface area contributed by atoms with E-state index in [-0.39, 0.29) is 24.0 Å². The van der Waals surface area contributed by atoms with Gasteiger partial charge in [0.2, 0.25) is 0 Å². The maximum Gasteiger partial charge on any atom is 0.191 e.